The van der Waals surface area contributed by atoms with Gasteiger partial charge in [-0.2, -0.15) is 0 Å². The van der Waals surface area contributed by atoms with Gasteiger partial charge in [-0.1, -0.05) is 42.5 Å². The number of hydrogen-bond acceptors (Lipinski definition) is 5. The fraction of sp³-hybridized carbons (Fsp3) is 0.259. The minimum atomic E-state index is -0.310. The van der Waals surface area contributed by atoms with E-state index < -0.39 is 0 Å². The molecule has 7 nitrogen and oxygen atoms in total. The molecule has 0 aliphatic carbocycles. The molecular formula is C27H28N4O3. The zero-order chi connectivity index (χ0) is 23.5. The second-order valence-electron chi connectivity index (χ2n) is 8.49. The molecule has 1 aliphatic heterocycles. The molecule has 4 aromatic rings. The van der Waals surface area contributed by atoms with Gasteiger partial charge in [0.2, 0.25) is 5.91 Å². The molecule has 0 saturated heterocycles. The Morgan fingerprint density at radius 2 is 1.85 bits per heavy atom. The SMILES string of the molecule is COc1ccc(CNC(=O)C2Cc3nc[nH]c3CN2Cc2ccc(OC)c3ccccc23)cc1. The van der Waals surface area contributed by atoms with Crippen LogP contribution in [0, 0.1) is 0 Å². The third-order valence-corrected chi connectivity index (χ3v) is 6.49. The summed E-state index contributed by atoms with van der Waals surface area (Å²) in [5.74, 6) is 1.65. The van der Waals surface area contributed by atoms with Gasteiger partial charge in [0.05, 0.1) is 38.0 Å². The Hall–Kier alpha value is -3.84. The van der Waals surface area contributed by atoms with E-state index in [1.165, 1.54) is 0 Å². The van der Waals surface area contributed by atoms with Crippen LogP contribution in [0.4, 0.5) is 0 Å². The first-order valence-electron chi connectivity index (χ1n) is 11.4. The van der Waals surface area contributed by atoms with Gasteiger partial charge in [-0.15, -0.1) is 0 Å². The predicted molar refractivity (Wildman–Crippen MR) is 131 cm³/mol. The number of H-pyrrole nitrogens is 1. The number of ether oxygens (including phenoxy) is 2. The van der Waals surface area contributed by atoms with Gasteiger partial charge < -0.3 is 19.8 Å². The van der Waals surface area contributed by atoms with Crippen LogP contribution in [0.5, 0.6) is 11.5 Å². The average molecular weight is 457 g/mol. The van der Waals surface area contributed by atoms with Crippen LogP contribution in [0.15, 0.2) is 67.0 Å². The fourth-order valence-corrected chi connectivity index (χ4v) is 4.63. The van der Waals surface area contributed by atoms with E-state index in [2.05, 4.69) is 38.4 Å². The number of carbonyl (C=O) groups is 1. The first kappa shape index (κ1) is 22.0. The number of carbonyl (C=O) groups excluding carboxylic acids is 1. The Labute approximate surface area is 198 Å². The van der Waals surface area contributed by atoms with Crippen molar-refractivity contribution in [2.24, 2.45) is 0 Å². The number of hydrogen-bond donors (Lipinski definition) is 2. The van der Waals surface area contributed by atoms with Crippen molar-refractivity contribution in [2.75, 3.05) is 14.2 Å². The van der Waals surface area contributed by atoms with Crippen LogP contribution in [0.1, 0.15) is 22.5 Å². The Kier molecular flexibility index (Phi) is 6.18. The minimum absolute atomic E-state index is 0.00212. The second kappa shape index (κ2) is 9.57. The number of rotatable bonds is 7. The van der Waals surface area contributed by atoms with E-state index in [4.69, 9.17) is 9.47 Å². The van der Waals surface area contributed by atoms with Crippen LogP contribution in [0.2, 0.25) is 0 Å². The lowest BCUT2D eigenvalue weighted by molar-refractivity contribution is -0.127. The number of fused-ring (bicyclic) bond motifs is 2. The molecule has 0 spiro atoms. The highest BCUT2D eigenvalue weighted by Crippen LogP contribution is 2.31. The van der Waals surface area contributed by atoms with E-state index in [1.807, 2.05) is 42.5 Å². The molecule has 1 atom stereocenters. The Balaban J connectivity index is 1.38. The van der Waals surface area contributed by atoms with Crippen LogP contribution in [-0.2, 0) is 30.8 Å². The molecule has 0 bridgehead atoms. The van der Waals surface area contributed by atoms with Crippen LogP contribution in [0.3, 0.4) is 0 Å². The molecule has 1 aromatic heterocycles. The highest BCUT2D eigenvalue weighted by molar-refractivity contribution is 5.91. The molecule has 1 unspecified atom stereocenters. The highest BCUT2D eigenvalue weighted by atomic mass is 16.5. The number of benzene rings is 3. The van der Waals surface area contributed by atoms with Crippen molar-refractivity contribution >= 4 is 16.7 Å². The zero-order valence-electron chi connectivity index (χ0n) is 19.4. The number of aromatic amines is 1. The molecule has 2 heterocycles. The lowest BCUT2D eigenvalue weighted by atomic mass is 9.98. The van der Waals surface area contributed by atoms with Crippen LogP contribution >= 0.6 is 0 Å². The molecule has 0 fully saturated rings. The maximum atomic E-state index is 13.4. The van der Waals surface area contributed by atoms with Crippen LogP contribution < -0.4 is 14.8 Å². The van der Waals surface area contributed by atoms with E-state index in [0.717, 1.165) is 44.8 Å². The second-order valence-corrected chi connectivity index (χ2v) is 8.49. The van der Waals surface area contributed by atoms with Gasteiger partial charge in [0.25, 0.3) is 0 Å². The number of nitrogens with one attached hydrogen (secondary N) is 2. The normalized spacial score (nSPS) is 15.6. The molecule has 174 valence electrons. The molecule has 34 heavy (non-hydrogen) atoms. The third-order valence-electron chi connectivity index (χ3n) is 6.49. The summed E-state index contributed by atoms with van der Waals surface area (Å²) in [6.07, 6.45) is 2.28. The summed E-state index contributed by atoms with van der Waals surface area (Å²) in [6, 6.07) is 19.7. The predicted octanol–water partition coefficient (Wildman–Crippen LogP) is 3.82. The largest absolute Gasteiger partial charge is 0.497 e. The highest BCUT2D eigenvalue weighted by Gasteiger charge is 2.33. The van der Waals surface area contributed by atoms with Crippen molar-refractivity contribution in [3.05, 3.63) is 89.5 Å². The smallest absolute Gasteiger partial charge is 0.238 e. The summed E-state index contributed by atoms with van der Waals surface area (Å²) >= 11 is 0. The Bertz CT molecular complexity index is 1300. The summed E-state index contributed by atoms with van der Waals surface area (Å²) in [6.45, 7) is 1.74. The standard InChI is InChI=1S/C27H28N4O3/c1-33-20-10-7-18(8-11-20)14-28-27(32)25-13-23-24(30-17-29-23)16-31(25)15-19-9-12-26(34-2)22-6-4-3-5-21(19)22/h3-12,17,25H,13-16H2,1-2H3,(H,28,32)(H,29,30). The summed E-state index contributed by atoms with van der Waals surface area (Å²) in [5.41, 5.74) is 4.21. The van der Waals surface area contributed by atoms with Gasteiger partial charge in [0.1, 0.15) is 11.5 Å². The van der Waals surface area contributed by atoms with E-state index >= 15 is 0 Å². The van der Waals surface area contributed by atoms with Gasteiger partial charge in [-0.25, -0.2) is 4.98 Å². The Morgan fingerprint density at radius 3 is 2.62 bits per heavy atom. The number of amides is 1. The molecule has 5 rings (SSSR count). The van der Waals surface area contributed by atoms with Crippen LogP contribution in [-0.4, -0.2) is 41.0 Å². The lowest BCUT2D eigenvalue weighted by Crippen LogP contribution is -2.49. The van der Waals surface area contributed by atoms with Crippen LogP contribution in [0.25, 0.3) is 10.8 Å². The summed E-state index contributed by atoms with van der Waals surface area (Å²) in [7, 11) is 3.33. The third kappa shape index (κ3) is 4.34. The molecule has 7 heteroatoms. The molecule has 1 aliphatic rings. The zero-order valence-corrected chi connectivity index (χ0v) is 19.4. The number of aromatic nitrogens is 2. The van der Waals surface area contributed by atoms with Crippen molar-refractivity contribution in [1.29, 1.82) is 0 Å². The lowest BCUT2D eigenvalue weighted by Gasteiger charge is -2.34. The molecule has 0 saturated carbocycles. The summed E-state index contributed by atoms with van der Waals surface area (Å²) < 4.78 is 10.8. The van der Waals surface area contributed by atoms with Crippen molar-refractivity contribution in [1.82, 2.24) is 20.2 Å². The van der Waals surface area contributed by atoms with Gasteiger partial charge in [0.15, 0.2) is 0 Å². The van der Waals surface area contributed by atoms with E-state index in [9.17, 15) is 4.79 Å². The van der Waals surface area contributed by atoms with E-state index in [1.54, 1.807) is 20.5 Å². The summed E-state index contributed by atoms with van der Waals surface area (Å²) in [4.78, 5) is 23.3. The van der Waals surface area contributed by atoms with Crippen molar-refractivity contribution in [3.8, 4) is 11.5 Å². The van der Waals surface area contributed by atoms with E-state index in [0.29, 0.717) is 26.1 Å². The molecule has 2 N–H and O–H groups in total. The fourth-order valence-electron chi connectivity index (χ4n) is 4.63. The van der Waals surface area contributed by atoms with Gasteiger partial charge in [-0.05, 0) is 34.7 Å². The first-order chi connectivity index (χ1) is 16.7. The Morgan fingerprint density at radius 1 is 1.06 bits per heavy atom. The van der Waals surface area contributed by atoms with E-state index in [-0.39, 0.29) is 11.9 Å². The monoisotopic (exact) mass is 456 g/mol. The molecule has 0 radical (unpaired) electrons. The number of methoxy groups -OCH3 is 2. The summed E-state index contributed by atoms with van der Waals surface area (Å²) in [5, 5.41) is 5.33. The average Bonchev–Trinajstić information content (AvgIpc) is 3.35. The topological polar surface area (TPSA) is 79.5 Å². The quantitative estimate of drug-likeness (QED) is 0.442. The van der Waals surface area contributed by atoms with Gasteiger partial charge in [-0.3, -0.25) is 9.69 Å². The van der Waals surface area contributed by atoms with Gasteiger partial charge in [0, 0.05) is 31.4 Å². The number of nitrogens with zero attached hydrogens (tertiary/aromatic N) is 2. The van der Waals surface area contributed by atoms with Crippen molar-refractivity contribution in [3.63, 3.8) is 0 Å². The maximum Gasteiger partial charge on any atom is 0.238 e. The van der Waals surface area contributed by atoms with Crippen molar-refractivity contribution in [2.45, 2.75) is 32.1 Å². The minimum Gasteiger partial charge on any atom is -0.497 e. The first-order valence-corrected chi connectivity index (χ1v) is 11.4. The molecule has 1 amide bonds. The van der Waals surface area contributed by atoms with Gasteiger partial charge >= 0.3 is 0 Å². The molecular weight excluding hydrogens is 428 g/mol. The maximum absolute atomic E-state index is 13.4. The van der Waals surface area contributed by atoms with Crippen molar-refractivity contribution < 1.29 is 14.3 Å². The number of imidazole rings is 1. The molecule has 3 aromatic carbocycles.